The van der Waals surface area contributed by atoms with E-state index in [1.165, 1.54) is 52.4 Å². The summed E-state index contributed by atoms with van der Waals surface area (Å²) in [4.78, 5) is 2.54. The largest absolute Gasteiger partial charge is 0.303 e. The van der Waals surface area contributed by atoms with E-state index in [0.717, 1.165) is 5.92 Å². The molecule has 0 aromatic heterocycles. The molecule has 96 valence electrons. The van der Waals surface area contributed by atoms with Crippen LogP contribution in [-0.4, -0.2) is 31.8 Å². The number of hydrogen-bond donors (Lipinski definition) is 0. The molecule has 0 saturated carbocycles. The summed E-state index contributed by atoms with van der Waals surface area (Å²) >= 11 is 0. The van der Waals surface area contributed by atoms with Crippen molar-refractivity contribution in [2.45, 2.75) is 39.3 Å². The van der Waals surface area contributed by atoms with Gasteiger partial charge in [-0.15, -0.1) is 0 Å². The summed E-state index contributed by atoms with van der Waals surface area (Å²) in [5, 5.41) is 0. The average Bonchev–Trinajstić information content (AvgIpc) is 2.36. The third-order valence-corrected chi connectivity index (χ3v) is 4.92. The predicted molar refractivity (Wildman–Crippen MR) is 79.9 cm³/mol. The minimum Gasteiger partial charge on any atom is -0.303 e. The van der Waals surface area contributed by atoms with E-state index in [0.29, 0.717) is 0 Å². The second-order valence-corrected chi connectivity index (χ2v) is 6.12. The zero-order valence-corrected chi connectivity index (χ0v) is 11.8. The van der Waals surface area contributed by atoms with Gasteiger partial charge in [-0.2, -0.15) is 0 Å². The molecule has 18 heavy (non-hydrogen) atoms. The van der Waals surface area contributed by atoms with Crippen LogP contribution in [0.4, 0.5) is 0 Å². The van der Waals surface area contributed by atoms with E-state index in [4.69, 9.17) is 0 Å². The van der Waals surface area contributed by atoms with Crippen molar-refractivity contribution >= 4 is 7.28 Å². The van der Waals surface area contributed by atoms with Crippen LogP contribution in [0.15, 0.2) is 12.1 Å². The van der Waals surface area contributed by atoms with E-state index < -0.39 is 0 Å². The summed E-state index contributed by atoms with van der Waals surface area (Å²) in [5.41, 5.74) is 6.55. The Kier molecular flexibility index (Phi) is 3.47. The molecule has 0 spiro atoms. The standard InChI is InChI=1S/C16H24BN/c1-3-18-10-13(11-18)8-15-5-4-14-6-7-17-9-16(14)12(15)2/h4-5,13,17H,3,6-11H2,1-2H3. The number of rotatable bonds is 3. The van der Waals surface area contributed by atoms with E-state index in [-0.39, 0.29) is 0 Å². The van der Waals surface area contributed by atoms with Crippen molar-refractivity contribution in [3.8, 4) is 0 Å². The Bertz CT molecular complexity index is 435. The van der Waals surface area contributed by atoms with Crippen molar-refractivity contribution in [3.63, 3.8) is 0 Å². The van der Waals surface area contributed by atoms with Crippen LogP contribution < -0.4 is 0 Å². The highest BCUT2D eigenvalue weighted by molar-refractivity contribution is 6.35. The molecule has 0 atom stereocenters. The lowest BCUT2D eigenvalue weighted by Gasteiger charge is -2.39. The molecule has 2 aliphatic heterocycles. The van der Waals surface area contributed by atoms with Crippen LogP contribution >= 0.6 is 0 Å². The molecule has 1 aromatic rings. The number of nitrogens with zero attached hydrogens (tertiary/aromatic N) is 1. The minimum absolute atomic E-state index is 0.908. The molecule has 2 heteroatoms. The van der Waals surface area contributed by atoms with E-state index >= 15 is 0 Å². The number of hydrogen-bond acceptors (Lipinski definition) is 1. The van der Waals surface area contributed by atoms with Crippen molar-refractivity contribution in [2.24, 2.45) is 5.92 Å². The molecule has 1 fully saturated rings. The van der Waals surface area contributed by atoms with Gasteiger partial charge >= 0.3 is 0 Å². The normalized spacial score (nSPS) is 20.1. The topological polar surface area (TPSA) is 3.24 Å². The fourth-order valence-electron chi connectivity index (χ4n) is 3.66. The van der Waals surface area contributed by atoms with Gasteiger partial charge in [0.2, 0.25) is 0 Å². The van der Waals surface area contributed by atoms with E-state index in [9.17, 15) is 0 Å². The summed E-state index contributed by atoms with van der Waals surface area (Å²) in [7, 11) is 1.39. The lowest BCUT2D eigenvalue weighted by Crippen LogP contribution is -2.47. The third kappa shape index (κ3) is 2.23. The summed E-state index contributed by atoms with van der Waals surface area (Å²) in [6.45, 7) is 8.47. The van der Waals surface area contributed by atoms with Crippen molar-refractivity contribution in [1.82, 2.24) is 4.90 Å². The Labute approximate surface area is 112 Å². The highest BCUT2D eigenvalue weighted by atomic mass is 15.2. The van der Waals surface area contributed by atoms with Crippen LogP contribution in [0.2, 0.25) is 6.32 Å². The molecule has 0 unspecified atom stereocenters. The van der Waals surface area contributed by atoms with Gasteiger partial charge in [0.05, 0.1) is 0 Å². The van der Waals surface area contributed by atoms with Crippen LogP contribution in [-0.2, 0) is 19.2 Å². The molecule has 3 rings (SSSR count). The van der Waals surface area contributed by atoms with Gasteiger partial charge in [-0.3, -0.25) is 0 Å². The van der Waals surface area contributed by atoms with Crippen LogP contribution in [0.25, 0.3) is 0 Å². The third-order valence-electron chi connectivity index (χ3n) is 4.92. The van der Waals surface area contributed by atoms with Gasteiger partial charge in [-0.1, -0.05) is 31.7 Å². The number of likely N-dealkylation sites (tertiary alicyclic amines) is 1. The predicted octanol–water partition coefficient (Wildman–Crippen LogP) is 2.40. The lowest BCUT2D eigenvalue weighted by molar-refractivity contribution is 0.108. The molecule has 1 nitrogen and oxygen atoms in total. The van der Waals surface area contributed by atoms with Crippen molar-refractivity contribution in [3.05, 3.63) is 34.4 Å². The van der Waals surface area contributed by atoms with Crippen LogP contribution in [0.5, 0.6) is 0 Å². The molecular formula is C16H24BN. The Morgan fingerprint density at radius 2 is 2.17 bits per heavy atom. The van der Waals surface area contributed by atoms with Crippen molar-refractivity contribution < 1.29 is 0 Å². The lowest BCUT2D eigenvalue weighted by atomic mass is 9.61. The molecule has 1 aromatic carbocycles. The molecule has 0 N–H and O–H groups in total. The Balaban J connectivity index is 1.73. The van der Waals surface area contributed by atoms with Gasteiger partial charge in [0.1, 0.15) is 7.28 Å². The fourth-order valence-corrected chi connectivity index (χ4v) is 3.66. The zero-order valence-electron chi connectivity index (χ0n) is 11.8. The van der Waals surface area contributed by atoms with Crippen molar-refractivity contribution in [2.75, 3.05) is 19.6 Å². The quantitative estimate of drug-likeness (QED) is 0.734. The summed E-state index contributed by atoms with van der Waals surface area (Å²) in [5.74, 6) is 0.908. The van der Waals surface area contributed by atoms with Gasteiger partial charge < -0.3 is 4.90 Å². The minimum atomic E-state index is 0.908. The number of fused-ring (bicyclic) bond motifs is 1. The SMILES string of the molecule is CCN1CC(Cc2ccc3c(c2C)CBCC3)C1. The maximum Gasteiger partial charge on any atom is 0.126 e. The molecule has 2 aliphatic rings. The molecule has 1 saturated heterocycles. The second-order valence-electron chi connectivity index (χ2n) is 6.12. The van der Waals surface area contributed by atoms with E-state index in [1.807, 2.05) is 0 Å². The first-order valence-corrected chi connectivity index (χ1v) is 7.60. The summed E-state index contributed by atoms with van der Waals surface area (Å²) < 4.78 is 0. The summed E-state index contributed by atoms with van der Waals surface area (Å²) in [6.07, 6.45) is 5.32. The van der Waals surface area contributed by atoms with E-state index in [2.05, 4.69) is 30.9 Å². The Hall–Kier alpha value is -0.755. The first-order chi connectivity index (χ1) is 8.78. The van der Waals surface area contributed by atoms with Gasteiger partial charge in [-0.05, 0) is 54.5 Å². The molecule has 0 amide bonds. The monoisotopic (exact) mass is 241 g/mol. The molecule has 0 bridgehead atoms. The highest BCUT2D eigenvalue weighted by Gasteiger charge is 2.26. The van der Waals surface area contributed by atoms with Crippen LogP contribution in [0.3, 0.4) is 0 Å². The maximum absolute atomic E-state index is 2.54. The maximum atomic E-state index is 2.54. The van der Waals surface area contributed by atoms with Crippen LogP contribution in [0, 0.1) is 12.8 Å². The number of aryl methyl sites for hydroxylation is 1. The fraction of sp³-hybridized carbons (Fsp3) is 0.625. The van der Waals surface area contributed by atoms with Gasteiger partial charge in [0.25, 0.3) is 0 Å². The Morgan fingerprint density at radius 1 is 1.33 bits per heavy atom. The molecular weight excluding hydrogens is 217 g/mol. The Morgan fingerprint density at radius 3 is 2.94 bits per heavy atom. The first-order valence-electron chi connectivity index (χ1n) is 7.60. The summed E-state index contributed by atoms with van der Waals surface area (Å²) in [6, 6.07) is 4.82. The van der Waals surface area contributed by atoms with Gasteiger partial charge in [-0.25, -0.2) is 0 Å². The average molecular weight is 241 g/mol. The van der Waals surface area contributed by atoms with Gasteiger partial charge in [0, 0.05) is 13.1 Å². The molecule has 2 heterocycles. The second kappa shape index (κ2) is 5.09. The van der Waals surface area contributed by atoms with Gasteiger partial charge in [0.15, 0.2) is 0 Å². The van der Waals surface area contributed by atoms with Crippen LogP contribution in [0.1, 0.15) is 29.2 Å². The van der Waals surface area contributed by atoms with E-state index in [1.54, 1.807) is 22.3 Å². The number of benzene rings is 1. The molecule has 0 radical (unpaired) electrons. The van der Waals surface area contributed by atoms with Crippen molar-refractivity contribution in [1.29, 1.82) is 0 Å². The first kappa shape index (κ1) is 12.3. The molecule has 0 aliphatic carbocycles. The smallest absolute Gasteiger partial charge is 0.126 e. The zero-order chi connectivity index (χ0) is 12.5. The highest BCUT2D eigenvalue weighted by Crippen LogP contribution is 2.27.